The molecule has 0 bridgehead atoms. The molecule has 1 aliphatic carbocycles. The van der Waals surface area contributed by atoms with Gasteiger partial charge in [0.05, 0.1) is 6.61 Å². The lowest BCUT2D eigenvalue weighted by atomic mass is 10.2. The highest BCUT2D eigenvalue weighted by Crippen LogP contribution is 2.29. The number of carbonyl (C=O) groups is 1. The van der Waals surface area contributed by atoms with Gasteiger partial charge in [0, 0.05) is 17.2 Å². The van der Waals surface area contributed by atoms with Crippen LogP contribution in [0.1, 0.15) is 48.9 Å². The third-order valence-corrected chi connectivity index (χ3v) is 4.46. The van der Waals surface area contributed by atoms with Gasteiger partial charge in [-0.05, 0) is 61.2 Å². The van der Waals surface area contributed by atoms with Crippen molar-refractivity contribution in [2.24, 2.45) is 5.92 Å². The predicted octanol–water partition coefficient (Wildman–Crippen LogP) is 4.99. The molecule has 4 rings (SSSR count). The van der Waals surface area contributed by atoms with E-state index in [0.717, 1.165) is 23.5 Å². The van der Waals surface area contributed by atoms with Crippen molar-refractivity contribution < 1.29 is 13.9 Å². The largest absolute Gasteiger partial charge is 0.493 e. The van der Waals surface area contributed by atoms with Crippen molar-refractivity contribution in [3.05, 3.63) is 53.9 Å². The molecule has 1 heterocycles. The number of amides is 1. The van der Waals surface area contributed by atoms with Crippen molar-refractivity contribution in [1.29, 1.82) is 0 Å². The van der Waals surface area contributed by atoms with E-state index in [4.69, 9.17) is 9.15 Å². The quantitative estimate of drug-likeness (QED) is 0.680. The smallest absolute Gasteiger partial charge is 0.255 e. The molecule has 0 unspecified atom stereocenters. The number of hydrogen-bond acceptors (Lipinski definition) is 4. The zero-order chi connectivity index (χ0) is 18.1. The number of anilines is 1. The van der Waals surface area contributed by atoms with Crippen LogP contribution in [-0.2, 0) is 0 Å². The van der Waals surface area contributed by atoms with E-state index < -0.39 is 0 Å². The fraction of sp³-hybridized carbons (Fsp3) is 0.333. The van der Waals surface area contributed by atoms with Crippen LogP contribution in [0.15, 0.2) is 46.9 Å². The summed E-state index contributed by atoms with van der Waals surface area (Å²) in [7, 11) is 0. The molecule has 0 saturated heterocycles. The Labute approximate surface area is 152 Å². The number of nitrogens with one attached hydrogen (secondary N) is 1. The van der Waals surface area contributed by atoms with Crippen molar-refractivity contribution in [1.82, 2.24) is 4.98 Å². The monoisotopic (exact) mass is 350 g/mol. The van der Waals surface area contributed by atoms with Crippen LogP contribution >= 0.6 is 0 Å². The van der Waals surface area contributed by atoms with Crippen LogP contribution in [0.2, 0.25) is 0 Å². The third-order valence-electron chi connectivity index (χ3n) is 4.46. The summed E-state index contributed by atoms with van der Waals surface area (Å²) in [5, 5.41) is 2.91. The Balaban J connectivity index is 1.44. The minimum absolute atomic E-state index is 0.161. The van der Waals surface area contributed by atoms with Crippen LogP contribution in [-0.4, -0.2) is 17.5 Å². The number of oxazole rings is 1. The number of rotatable bonds is 6. The second kappa shape index (κ2) is 6.83. The van der Waals surface area contributed by atoms with E-state index in [-0.39, 0.29) is 11.8 Å². The number of ether oxygens (including phenoxy) is 1. The number of hydrogen-bond donors (Lipinski definition) is 1. The van der Waals surface area contributed by atoms with Crippen molar-refractivity contribution in [3.8, 4) is 5.75 Å². The minimum Gasteiger partial charge on any atom is -0.493 e. The predicted molar refractivity (Wildman–Crippen MR) is 101 cm³/mol. The highest BCUT2D eigenvalue weighted by molar-refractivity contribution is 6.04. The van der Waals surface area contributed by atoms with Crippen LogP contribution in [0.25, 0.3) is 11.1 Å². The van der Waals surface area contributed by atoms with E-state index in [1.807, 2.05) is 44.2 Å². The van der Waals surface area contributed by atoms with Crippen molar-refractivity contribution in [3.63, 3.8) is 0 Å². The maximum absolute atomic E-state index is 12.5. The summed E-state index contributed by atoms with van der Waals surface area (Å²) in [5.74, 6) is 2.27. The highest BCUT2D eigenvalue weighted by atomic mass is 16.5. The standard InChI is InChI=1S/C21H22N2O3/c1-13(2)21-23-18-11-16(7-10-19(18)26-21)22-20(24)15-5-8-17(9-6-15)25-12-14-3-4-14/h5-11,13-14H,3-4,12H2,1-2H3,(H,22,24). The minimum atomic E-state index is -0.161. The number of fused-ring (bicyclic) bond motifs is 1. The van der Waals surface area contributed by atoms with Gasteiger partial charge in [0.2, 0.25) is 0 Å². The normalized spacial score (nSPS) is 14.0. The molecule has 3 aromatic rings. The third kappa shape index (κ3) is 3.72. The van der Waals surface area contributed by atoms with Gasteiger partial charge in [0.1, 0.15) is 11.3 Å². The fourth-order valence-electron chi connectivity index (χ4n) is 2.67. The van der Waals surface area contributed by atoms with Gasteiger partial charge in [-0.25, -0.2) is 4.98 Å². The van der Waals surface area contributed by atoms with Gasteiger partial charge < -0.3 is 14.5 Å². The molecule has 26 heavy (non-hydrogen) atoms. The average Bonchev–Trinajstić information content (AvgIpc) is 3.37. The lowest BCUT2D eigenvalue weighted by Gasteiger charge is -2.07. The Bertz CT molecular complexity index is 924. The van der Waals surface area contributed by atoms with Crippen LogP contribution in [0.5, 0.6) is 5.75 Å². The van der Waals surface area contributed by atoms with E-state index in [9.17, 15) is 4.79 Å². The summed E-state index contributed by atoms with van der Waals surface area (Å²) in [5.41, 5.74) is 2.76. The van der Waals surface area contributed by atoms with Crippen molar-refractivity contribution in [2.45, 2.75) is 32.6 Å². The number of nitrogens with zero attached hydrogens (tertiary/aromatic N) is 1. The molecule has 0 aliphatic heterocycles. The maximum atomic E-state index is 12.5. The van der Waals surface area contributed by atoms with Gasteiger partial charge in [0.15, 0.2) is 11.5 Å². The first-order valence-corrected chi connectivity index (χ1v) is 9.03. The summed E-state index contributed by atoms with van der Waals surface area (Å²) in [6, 6.07) is 12.7. The van der Waals surface area contributed by atoms with Gasteiger partial charge in [-0.2, -0.15) is 0 Å². The van der Waals surface area contributed by atoms with E-state index in [2.05, 4.69) is 10.3 Å². The van der Waals surface area contributed by atoms with Crippen molar-refractivity contribution in [2.75, 3.05) is 11.9 Å². The first kappa shape index (κ1) is 16.6. The summed E-state index contributed by atoms with van der Waals surface area (Å²) in [4.78, 5) is 16.9. The molecule has 2 aromatic carbocycles. The molecule has 1 aliphatic rings. The lowest BCUT2D eigenvalue weighted by molar-refractivity contribution is 0.102. The molecule has 0 atom stereocenters. The molecule has 134 valence electrons. The number of carbonyl (C=O) groups excluding carboxylic acids is 1. The Morgan fingerprint density at radius 2 is 2.00 bits per heavy atom. The van der Waals surface area contributed by atoms with Crippen LogP contribution < -0.4 is 10.1 Å². The number of aromatic nitrogens is 1. The van der Waals surface area contributed by atoms with E-state index in [1.165, 1.54) is 12.8 Å². The maximum Gasteiger partial charge on any atom is 0.255 e. The van der Waals surface area contributed by atoms with Crippen molar-refractivity contribution >= 4 is 22.7 Å². The second-order valence-corrected chi connectivity index (χ2v) is 7.12. The molecular weight excluding hydrogens is 328 g/mol. The van der Waals surface area contributed by atoms with Crippen LogP contribution in [0.3, 0.4) is 0 Å². The molecule has 1 saturated carbocycles. The Morgan fingerprint density at radius 1 is 1.23 bits per heavy atom. The van der Waals surface area contributed by atoms with Gasteiger partial charge in [-0.1, -0.05) is 13.8 Å². The summed E-state index contributed by atoms with van der Waals surface area (Å²) >= 11 is 0. The van der Waals surface area contributed by atoms with Crippen LogP contribution in [0.4, 0.5) is 5.69 Å². The first-order chi connectivity index (χ1) is 12.6. The molecular formula is C21H22N2O3. The van der Waals surface area contributed by atoms with Gasteiger partial charge >= 0.3 is 0 Å². The van der Waals surface area contributed by atoms with E-state index in [0.29, 0.717) is 23.1 Å². The molecule has 1 aromatic heterocycles. The SMILES string of the molecule is CC(C)c1nc2cc(NC(=O)c3ccc(OCC4CC4)cc3)ccc2o1. The average molecular weight is 350 g/mol. The fourth-order valence-corrected chi connectivity index (χ4v) is 2.67. The van der Waals surface area contributed by atoms with Crippen LogP contribution in [0, 0.1) is 5.92 Å². The van der Waals surface area contributed by atoms with E-state index >= 15 is 0 Å². The molecule has 5 nitrogen and oxygen atoms in total. The molecule has 0 radical (unpaired) electrons. The molecule has 1 N–H and O–H groups in total. The zero-order valence-electron chi connectivity index (χ0n) is 15.0. The molecule has 0 spiro atoms. The van der Waals surface area contributed by atoms with E-state index in [1.54, 1.807) is 12.1 Å². The summed E-state index contributed by atoms with van der Waals surface area (Å²) < 4.78 is 11.4. The molecule has 5 heteroatoms. The molecule has 1 fully saturated rings. The summed E-state index contributed by atoms with van der Waals surface area (Å²) in [6.45, 7) is 4.83. The van der Waals surface area contributed by atoms with Gasteiger partial charge in [-0.15, -0.1) is 0 Å². The Kier molecular flexibility index (Phi) is 4.37. The summed E-state index contributed by atoms with van der Waals surface area (Å²) in [6.07, 6.45) is 2.52. The lowest BCUT2D eigenvalue weighted by Crippen LogP contribution is -2.11. The second-order valence-electron chi connectivity index (χ2n) is 7.12. The highest BCUT2D eigenvalue weighted by Gasteiger charge is 2.21. The molecule has 1 amide bonds. The zero-order valence-corrected chi connectivity index (χ0v) is 15.0. The number of benzene rings is 2. The van der Waals surface area contributed by atoms with Gasteiger partial charge in [-0.3, -0.25) is 4.79 Å². The van der Waals surface area contributed by atoms with Gasteiger partial charge in [0.25, 0.3) is 5.91 Å². The Hall–Kier alpha value is -2.82. The first-order valence-electron chi connectivity index (χ1n) is 9.03. The topological polar surface area (TPSA) is 64.4 Å². The Morgan fingerprint density at radius 3 is 2.69 bits per heavy atom.